The van der Waals surface area contributed by atoms with Gasteiger partial charge in [-0.3, -0.25) is 9.59 Å². The Bertz CT molecular complexity index is 1000. The van der Waals surface area contributed by atoms with Crippen LogP contribution in [0.25, 0.3) is 0 Å². The predicted octanol–water partition coefficient (Wildman–Crippen LogP) is 3.99. The summed E-state index contributed by atoms with van der Waals surface area (Å²) < 4.78 is 10.6. The normalized spacial score (nSPS) is 10.1. The van der Waals surface area contributed by atoms with Gasteiger partial charge in [0.2, 0.25) is 5.88 Å². The monoisotopic (exact) mass is 391 g/mol. The Hall–Kier alpha value is -3.87. The van der Waals surface area contributed by atoms with E-state index in [4.69, 9.17) is 9.47 Å². The zero-order chi connectivity index (χ0) is 20.6. The van der Waals surface area contributed by atoms with Gasteiger partial charge in [-0.25, -0.2) is 4.98 Å². The highest BCUT2D eigenvalue weighted by Gasteiger charge is 2.14. The third-order valence-corrected chi connectivity index (χ3v) is 4.06. The molecule has 0 saturated heterocycles. The van der Waals surface area contributed by atoms with Crippen molar-refractivity contribution in [2.75, 3.05) is 24.4 Å². The third-order valence-electron chi connectivity index (χ3n) is 4.06. The zero-order valence-corrected chi connectivity index (χ0v) is 16.1. The minimum absolute atomic E-state index is 0.278. The Morgan fingerprint density at radius 1 is 0.931 bits per heavy atom. The Balaban J connectivity index is 1.69. The third kappa shape index (κ3) is 4.90. The van der Waals surface area contributed by atoms with Crippen molar-refractivity contribution in [2.24, 2.45) is 0 Å². The number of hydrogen-bond donors (Lipinski definition) is 2. The van der Waals surface area contributed by atoms with E-state index in [2.05, 4.69) is 15.6 Å². The van der Waals surface area contributed by atoms with Crippen LogP contribution in [0.5, 0.6) is 11.6 Å². The number of rotatable bonds is 7. The molecule has 0 bridgehead atoms. The first-order chi connectivity index (χ1) is 14.1. The van der Waals surface area contributed by atoms with Gasteiger partial charge in [0.25, 0.3) is 11.8 Å². The van der Waals surface area contributed by atoms with Gasteiger partial charge >= 0.3 is 0 Å². The SMILES string of the molecule is CCOc1ncccc1C(=O)Nc1ccc(C(=O)Nc2ccccc2OC)cc1. The van der Waals surface area contributed by atoms with E-state index in [0.717, 1.165) is 0 Å². The molecule has 0 radical (unpaired) electrons. The quantitative estimate of drug-likeness (QED) is 0.636. The summed E-state index contributed by atoms with van der Waals surface area (Å²) >= 11 is 0. The van der Waals surface area contributed by atoms with Crippen LogP contribution in [0.4, 0.5) is 11.4 Å². The van der Waals surface area contributed by atoms with Crippen LogP contribution < -0.4 is 20.1 Å². The molecule has 0 fully saturated rings. The molecule has 2 amide bonds. The Morgan fingerprint density at radius 2 is 1.69 bits per heavy atom. The standard InChI is InChI=1S/C22H21N3O4/c1-3-29-22-17(7-6-14-23-22)21(27)24-16-12-10-15(11-13-16)20(26)25-18-8-4-5-9-19(18)28-2/h4-14H,3H2,1-2H3,(H,24,27)(H,25,26). The van der Waals surface area contributed by atoms with Crippen LogP contribution >= 0.6 is 0 Å². The molecule has 0 saturated carbocycles. The Labute approximate surface area is 168 Å². The van der Waals surface area contributed by atoms with Gasteiger partial charge in [-0.05, 0) is 55.5 Å². The smallest absolute Gasteiger partial charge is 0.261 e. The largest absolute Gasteiger partial charge is 0.495 e. The summed E-state index contributed by atoms with van der Waals surface area (Å²) in [6.07, 6.45) is 1.57. The van der Waals surface area contributed by atoms with E-state index in [0.29, 0.717) is 34.9 Å². The van der Waals surface area contributed by atoms with Crippen molar-refractivity contribution in [2.45, 2.75) is 6.92 Å². The molecule has 0 spiro atoms. The first kappa shape index (κ1) is 19.9. The molecule has 7 heteroatoms. The average Bonchev–Trinajstić information content (AvgIpc) is 2.75. The number of hydrogen-bond acceptors (Lipinski definition) is 5. The van der Waals surface area contributed by atoms with E-state index in [1.165, 1.54) is 0 Å². The molecule has 1 heterocycles. The van der Waals surface area contributed by atoms with Crippen molar-refractivity contribution < 1.29 is 19.1 Å². The maximum atomic E-state index is 12.5. The number of methoxy groups -OCH3 is 1. The summed E-state index contributed by atoms with van der Waals surface area (Å²) in [7, 11) is 1.54. The lowest BCUT2D eigenvalue weighted by Gasteiger charge is -2.11. The van der Waals surface area contributed by atoms with Gasteiger partial charge in [-0.1, -0.05) is 12.1 Å². The minimum Gasteiger partial charge on any atom is -0.495 e. The number of pyridine rings is 1. The van der Waals surface area contributed by atoms with Crippen molar-refractivity contribution >= 4 is 23.2 Å². The van der Waals surface area contributed by atoms with Gasteiger partial charge in [0.05, 0.1) is 19.4 Å². The van der Waals surface area contributed by atoms with E-state index in [1.54, 1.807) is 61.8 Å². The number of amides is 2. The fraction of sp³-hybridized carbons (Fsp3) is 0.136. The number of carbonyl (C=O) groups excluding carboxylic acids is 2. The van der Waals surface area contributed by atoms with E-state index in [-0.39, 0.29) is 17.7 Å². The second-order valence-corrected chi connectivity index (χ2v) is 5.98. The molecule has 29 heavy (non-hydrogen) atoms. The van der Waals surface area contributed by atoms with E-state index >= 15 is 0 Å². The van der Waals surface area contributed by atoms with Crippen LogP contribution in [0.15, 0.2) is 66.9 Å². The lowest BCUT2D eigenvalue weighted by atomic mass is 10.1. The van der Waals surface area contributed by atoms with E-state index < -0.39 is 0 Å². The molecule has 0 atom stereocenters. The number of para-hydroxylation sites is 2. The van der Waals surface area contributed by atoms with E-state index in [1.807, 2.05) is 19.1 Å². The number of ether oxygens (including phenoxy) is 2. The van der Waals surface area contributed by atoms with Gasteiger partial charge in [-0.2, -0.15) is 0 Å². The average molecular weight is 391 g/mol. The molecular weight excluding hydrogens is 370 g/mol. The summed E-state index contributed by atoms with van der Waals surface area (Å²) in [5.74, 6) is 0.234. The van der Waals surface area contributed by atoms with Gasteiger partial charge < -0.3 is 20.1 Å². The molecule has 0 aliphatic rings. The summed E-state index contributed by atoms with van der Waals surface area (Å²) in [5.41, 5.74) is 1.92. The van der Waals surface area contributed by atoms with Crippen LogP contribution in [-0.4, -0.2) is 30.5 Å². The molecule has 148 valence electrons. The highest BCUT2D eigenvalue weighted by atomic mass is 16.5. The molecule has 1 aromatic heterocycles. The number of nitrogens with one attached hydrogen (secondary N) is 2. The molecule has 2 N–H and O–H groups in total. The number of benzene rings is 2. The van der Waals surface area contributed by atoms with Crippen LogP contribution in [0, 0.1) is 0 Å². The van der Waals surface area contributed by atoms with Crippen LogP contribution in [0.2, 0.25) is 0 Å². The topological polar surface area (TPSA) is 89.5 Å². The van der Waals surface area contributed by atoms with Gasteiger partial charge in [0.15, 0.2) is 0 Å². The second kappa shape index (κ2) is 9.36. The summed E-state index contributed by atoms with van der Waals surface area (Å²) in [5, 5.41) is 5.59. The van der Waals surface area contributed by atoms with Gasteiger partial charge in [0, 0.05) is 17.4 Å². The summed E-state index contributed by atoms with van der Waals surface area (Å²) in [4.78, 5) is 29.1. The van der Waals surface area contributed by atoms with Crippen molar-refractivity contribution in [3.05, 3.63) is 78.0 Å². The number of anilines is 2. The van der Waals surface area contributed by atoms with Crippen LogP contribution in [0.3, 0.4) is 0 Å². The molecule has 3 rings (SSSR count). The first-order valence-corrected chi connectivity index (χ1v) is 9.06. The van der Waals surface area contributed by atoms with Gasteiger partial charge in [-0.15, -0.1) is 0 Å². The molecule has 0 unspecified atom stereocenters. The molecule has 3 aromatic rings. The van der Waals surface area contributed by atoms with Gasteiger partial charge in [0.1, 0.15) is 11.3 Å². The minimum atomic E-state index is -0.340. The zero-order valence-electron chi connectivity index (χ0n) is 16.1. The Morgan fingerprint density at radius 3 is 2.41 bits per heavy atom. The number of nitrogens with zero attached hydrogens (tertiary/aromatic N) is 1. The molecule has 7 nitrogen and oxygen atoms in total. The van der Waals surface area contributed by atoms with Crippen molar-refractivity contribution in [3.63, 3.8) is 0 Å². The van der Waals surface area contributed by atoms with Crippen molar-refractivity contribution in [1.82, 2.24) is 4.98 Å². The molecule has 0 aliphatic heterocycles. The second-order valence-electron chi connectivity index (χ2n) is 5.98. The highest BCUT2D eigenvalue weighted by Crippen LogP contribution is 2.24. The maximum Gasteiger partial charge on any atom is 0.261 e. The number of aromatic nitrogens is 1. The molecule has 2 aromatic carbocycles. The summed E-state index contributed by atoms with van der Waals surface area (Å²) in [6, 6.07) is 17.1. The highest BCUT2D eigenvalue weighted by molar-refractivity contribution is 6.07. The number of carbonyl (C=O) groups is 2. The Kier molecular flexibility index (Phi) is 6.42. The van der Waals surface area contributed by atoms with E-state index in [9.17, 15) is 9.59 Å². The van der Waals surface area contributed by atoms with Crippen molar-refractivity contribution in [3.8, 4) is 11.6 Å². The predicted molar refractivity (Wildman–Crippen MR) is 111 cm³/mol. The summed E-state index contributed by atoms with van der Waals surface area (Å²) in [6.45, 7) is 2.23. The lowest BCUT2D eigenvalue weighted by molar-refractivity contribution is 0.101. The van der Waals surface area contributed by atoms with Crippen LogP contribution in [-0.2, 0) is 0 Å². The van der Waals surface area contributed by atoms with Crippen LogP contribution in [0.1, 0.15) is 27.6 Å². The maximum absolute atomic E-state index is 12.5. The fourth-order valence-electron chi connectivity index (χ4n) is 2.66. The lowest BCUT2D eigenvalue weighted by Crippen LogP contribution is -2.15. The molecular formula is C22H21N3O4. The molecule has 0 aliphatic carbocycles. The fourth-order valence-corrected chi connectivity index (χ4v) is 2.66. The van der Waals surface area contributed by atoms with Crippen molar-refractivity contribution in [1.29, 1.82) is 0 Å². The first-order valence-electron chi connectivity index (χ1n) is 9.06.